The van der Waals surface area contributed by atoms with Gasteiger partial charge in [-0.05, 0) is 40.0 Å². The summed E-state index contributed by atoms with van der Waals surface area (Å²) < 4.78 is 5.29. The van der Waals surface area contributed by atoms with Crippen molar-refractivity contribution in [3.05, 3.63) is 0 Å². The van der Waals surface area contributed by atoms with Gasteiger partial charge in [0.25, 0.3) is 0 Å². The molecule has 6 heteroatoms. The summed E-state index contributed by atoms with van der Waals surface area (Å²) in [5.74, 6) is 0. The summed E-state index contributed by atoms with van der Waals surface area (Å²) in [5.41, 5.74) is 0. The van der Waals surface area contributed by atoms with Crippen LogP contribution in [0.5, 0.6) is 0 Å². The van der Waals surface area contributed by atoms with Gasteiger partial charge in [0.05, 0.1) is 13.2 Å². The molecular formula is C13H28N4O2. The van der Waals surface area contributed by atoms with Gasteiger partial charge in [-0.15, -0.1) is 0 Å². The van der Waals surface area contributed by atoms with E-state index in [-0.39, 0.29) is 6.03 Å². The van der Waals surface area contributed by atoms with E-state index in [1.807, 2.05) is 14.1 Å². The first kappa shape index (κ1) is 16.2. The van der Waals surface area contributed by atoms with Gasteiger partial charge in [0, 0.05) is 26.2 Å². The molecule has 1 aliphatic rings. The number of urea groups is 1. The maximum absolute atomic E-state index is 11.5. The second-order valence-electron chi connectivity index (χ2n) is 5.15. The second kappa shape index (κ2) is 10.00. The van der Waals surface area contributed by atoms with Gasteiger partial charge in [-0.2, -0.15) is 0 Å². The molecule has 1 saturated heterocycles. The first-order chi connectivity index (χ1) is 9.18. The summed E-state index contributed by atoms with van der Waals surface area (Å²) in [7, 11) is 4.07. The Morgan fingerprint density at radius 2 is 1.79 bits per heavy atom. The van der Waals surface area contributed by atoms with Gasteiger partial charge in [-0.1, -0.05) is 0 Å². The van der Waals surface area contributed by atoms with Crippen LogP contribution in [0.25, 0.3) is 0 Å². The minimum absolute atomic E-state index is 0.0549. The number of hydrogen-bond acceptors (Lipinski definition) is 4. The standard InChI is InChI=1S/C13H28N4O2/c1-16(2)7-3-5-14-13(18)15-6-4-8-17-9-11-19-12-10-17/h3-12H2,1-2H3,(H2,14,15,18). The summed E-state index contributed by atoms with van der Waals surface area (Å²) in [6.07, 6.45) is 1.97. The maximum atomic E-state index is 11.5. The van der Waals surface area contributed by atoms with E-state index in [1.165, 1.54) is 0 Å². The number of ether oxygens (including phenoxy) is 1. The number of carbonyl (C=O) groups is 1. The monoisotopic (exact) mass is 272 g/mol. The summed E-state index contributed by atoms with van der Waals surface area (Å²) in [6.45, 7) is 7.18. The van der Waals surface area contributed by atoms with Crippen LogP contribution >= 0.6 is 0 Å². The van der Waals surface area contributed by atoms with Crippen LogP contribution in [0.2, 0.25) is 0 Å². The first-order valence-corrected chi connectivity index (χ1v) is 7.15. The molecule has 112 valence electrons. The third kappa shape index (κ3) is 8.80. The Morgan fingerprint density at radius 3 is 2.42 bits per heavy atom. The first-order valence-electron chi connectivity index (χ1n) is 7.15. The number of rotatable bonds is 8. The molecule has 6 nitrogen and oxygen atoms in total. The maximum Gasteiger partial charge on any atom is 0.314 e. The van der Waals surface area contributed by atoms with Gasteiger partial charge in [-0.25, -0.2) is 4.79 Å². The lowest BCUT2D eigenvalue weighted by atomic mass is 10.3. The van der Waals surface area contributed by atoms with E-state index in [4.69, 9.17) is 4.74 Å². The Labute approximate surface area is 116 Å². The number of hydrogen-bond donors (Lipinski definition) is 2. The van der Waals surface area contributed by atoms with E-state index < -0.39 is 0 Å². The Kier molecular flexibility index (Phi) is 8.53. The minimum Gasteiger partial charge on any atom is -0.379 e. The van der Waals surface area contributed by atoms with Crippen molar-refractivity contribution in [2.45, 2.75) is 12.8 Å². The summed E-state index contributed by atoms with van der Waals surface area (Å²) in [6, 6.07) is -0.0549. The molecule has 1 aliphatic heterocycles. The molecule has 0 saturated carbocycles. The second-order valence-corrected chi connectivity index (χ2v) is 5.15. The molecular weight excluding hydrogens is 244 g/mol. The zero-order chi connectivity index (χ0) is 13.9. The van der Waals surface area contributed by atoms with Crippen molar-refractivity contribution in [1.82, 2.24) is 20.4 Å². The predicted molar refractivity (Wildman–Crippen MR) is 76.4 cm³/mol. The number of nitrogens with one attached hydrogen (secondary N) is 2. The fourth-order valence-corrected chi connectivity index (χ4v) is 1.99. The summed E-state index contributed by atoms with van der Waals surface area (Å²) in [4.78, 5) is 16.0. The summed E-state index contributed by atoms with van der Waals surface area (Å²) >= 11 is 0. The van der Waals surface area contributed by atoms with E-state index in [0.29, 0.717) is 0 Å². The van der Waals surface area contributed by atoms with E-state index in [1.54, 1.807) is 0 Å². The lowest BCUT2D eigenvalue weighted by Gasteiger charge is -2.26. The molecule has 0 spiro atoms. The molecule has 0 aromatic rings. The smallest absolute Gasteiger partial charge is 0.314 e. The van der Waals surface area contributed by atoms with Crippen molar-refractivity contribution in [3.8, 4) is 0 Å². The Morgan fingerprint density at radius 1 is 1.16 bits per heavy atom. The average molecular weight is 272 g/mol. The number of morpholine rings is 1. The molecule has 0 atom stereocenters. The highest BCUT2D eigenvalue weighted by atomic mass is 16.5. The van der Waals surface area contributed by atoms with Crippen LogP contribution in [-0.2, 0) is 4.74 Å². The lowest BCUT2D eigenvalue weighted by Crippen LogP contribution is -2.40. The Hall–Kier alpha value is -0.850. The molecule has 0 radical (unpaired) electrons. The fourth-order valence-electron chi connectivity index (χ4n) is 1.99. The van der Waals surface area contributed by atoms with Crippen molar-refractivity contribution in [2.24, 2.45) is 0 Å². The van der Waals surface area contributed by atoms with E-state index in [2.05, 4.69) is 20.4 Å². The van der Waals surface area contributed by atoms with Gasteiger partial charge >= 0.3 is 6.03 Å². The van der Waals surface area contributed by atoms with Gasteiger partial charge < -0.3 is 20.3 Å². The zero-order valence-corrected chi connectivity index (χ0v) is 12.3. The molecule has 0 aromatic carbocycles. The average Bonchev–Trinajstić information content (AvgIpc) is 2.41. The van der Waals surface area contributed by atoms with Crippen LogP contribution in [0, 0.1) is 0 Å². The Bertz CT molecular complexity index is 243. The van der Waals surface area contributed by atoms with Gasteiger partial charge in [0.15, 0.2) is 0 Å². The molecule has 0 bridgehead atoms. The topological polar surface area (TPSA) is 56.8 Å². The van der Waals surface area contributed by atoms with Crippen molar-refractivity contribution in [3.63, 3.8) is 0 Å². The van der Waals surface area contributed by atoms with E-state index in [0.717, 1.165) is 65.3 Å². The zero-order valence-electron chi connectivity index (χ0n) is 12.3. The molecule has 2 amide bonds. The van der Waals surface area contributed by atoms with Gasteiger partial charge in [-0.3, -0.25) is 4.90 Å². The van der Waals surface area contributed by atoms with Crippen LogP contribution in [0.15, 0.2) is 0 Å². The number of nitrogens with zero attached hydrogens (tertiary/aromatic N) is 2. The van der Waals surface area contributed by atoms with Crippen molar-refractivity contribution >= 4 is 6.03 Å². The molecule has 0 unspecified atom stereocenters. The van der Waals surface area contributed by atoms with E-state index in [9.17, 15) is 4.79 Å². The van der Waals surface area contributed by atoms with E-state index >= 15 is 0 Å². The largest absolute Gasteiger partial charge is 0.379 e. The van der Waals surface area contributed by atoms with Crippen molar-refractivity contribution in [2.75, 3.05) is 66.6 Å². The highest BCUT2D eigenvalue weighted by molar-refractivity contribution is 5.73. The minimum atomic E-state index is -0.0549. The van der Waals surface area contributed by atoms with Crippen LogP contribution in [0.3, 0.4) is 0 Å². The highest BCUT2D eigenvalue weighted by Crippen LogP contribution is 1.97. The predicted octanol–water partition coefficient (Wildman–Crippen LogP) is -0.0404. The fraction of sp³-hybridized carbons (Fsp3) is 0.923. The number of carbonyl (C=O) groups excluding carboxylic acids is 1. The molecule has 0 aromatic heterocycles. The van der Waals surface area contributed by atoms with Crippen molar-refractivity contribution in [1.29, 1.82) is 0 Å². The van der Waals surface area contributed by atoms with Crippen LogP contribution < -0.4 is 10.6 Å². The van der Waals surface area contributed by atoms with Gasteiger partial charge in [0.2, 0.25) is 0 Å². The lowest BCUT2D eigenvalue weighted by molar-refractivity contribution is 0.0375. The van der Waals surface area contributed by atoms with Crippen LogP contribution in [-0.4, -0.2) is 82.4 Å². The summed E-state index contributed by atoms with van der Waals surface area (Å²) in [5, 5.41) is 5.75. The van der Waals surface area contributed by atoms with Crippen molar-refractivity contribution < 1.29 is 9.53 Å². The Balaban J connectivity index is 1.89. The molecule has 1 fully saturated rings. The third-order valence-corrected chi connectivity index (χ3v) is 3.11. The van der Waals surface area contributed by atoms with Crippen LogP contribution in [0.4, 0.5) is 4.79 Å². The number of amides is 2. The molecule has 1 heterocycles. The quantitative estimate of drug-likeness (QED) is 0.609. The molecule has 1 rings (SSSR count). The normalized spacial score (nSPS) is 16.6. The third-order valence-electron chi connectivity index (χ3n) is 3.11. The van der Waals surface area contributed by atoms with Crippen LogP contribution in [0.1, 0.15) is 12.8 Å². The molecule has 19 heavy (non-hydrogen) atoms. The highest BCUT2D eigenvalue weighted by Gasteiger charge is 2.09. The van der Waals surface area contributed by atoms with Gasteiger partial charge in [0.1, 0.15) is 0 Å². The SMILES string of the molecule is CN(C)CCCNC(=O)NCCCN1CCOCC1. The molecule has 2 N–H and O–H groups in total. The molecule has 0 aliphatic carbocycles.